The van der Waals surface area contributed by atoms with Crippen molar-refractivity contribution < 1.29 is 14.6 Å². The van der Waals surface area contributed by atoms with Crippen molar-refractivity contribution in [2.45, 2.75) is 26.3 Å². The van der Waals surface area contributed by atoms with Gasteiger partial charge in [-0.2, -0.15) is 5.21 Å². The van der Waals surface area contributed by atoms with Gasteiger partial charge in [-0.15, -0.1) is 15.3 Å². The van der Waals surface area contributed by atoms with Crippen LogP contribution in [0.15, 0.2) is 57.8 Å². The molecule has 2 heterocycles. The molecule has 0 bridgehead atoms. The first-order valence-electron chi connectivity index (χ1n) is 10.5. The van der Waals surface area contributed by atoms with Gasteiger partial charge in [0, 0.05) is 11.1 Å². The molecule has 0 fully saturated rings. The molecule has 2 N–H and O–H groups in total. The Balaban J connectivity index is 1.64. The number of ether oxygens (including phenoxy) is 1. The van der Waals surface area contributed by atoms with Crippen LogP contribution in [0.3, 0.4) is 0 Å². The number of carboxylic acids is 1. The summed E-state index contributed by atoms with van der Waals surface area (Å²) in [7, 11) is 0. The van der Waals surface area contributed by atoms with E-state index in [0.29, 0.717) is 12.4 Å². The molecule has 0 saturated heterocycles. The van der Waals surface area contributed by atoms with Gasteiger partial charge >= 0.3 is 5.97 Å². The highest BCUT2D eigenvalue weighted by molar-refractivity contribution is 9.10. The van der Waals surface area contributed by atoms with Gasteiger partial charge in [0.2, 0.25) is 11.7 Å². The minimum Gasteiger partial charge on any atom is -0.481 e. The molecule has 0 aliphatic rings. The topological polar surface area (TPSA) is 136 Å². The number of hydrogen-bond donors (Lipinski definition) is 2. The predicted molar refractivity (Wildman–Crippen MR) is 127 cm³/mol. The van der Waals surface area contributed by atoms with Gasteiger partial charge in [0.15, 0.2) is 0 Å². The molecular weight excluding hydrogens is 504 g/mol. The van der Waals surface area contributed by atoms with E-state index < -0.39 is 11.5 Å². The highest BCUT2D eigenvalue weighted by Crippen LogP contribution is 2.30. The molecule has 11 heteroatoms. The molecule has 2 aromatic heterocycles. The van der Waals surface area contributed by atoms with Gasteiger partial charge in [0.05, 0.1) is 24.0 Å². The summed E-state index contributed by atoms with van der Waals surface area (Å²) in [6, 6.07) is 15.4. The molecular formula is C23H21BrN6O4. The fraction of sp³-hybridized carbons (Fsp3) is 0.217. The van der Waals surface area contributed by atoms with Gasteiger partial charge < -0.3 is 9.84 Å². The Morgan fingerprint density at radius 2 is 1.88 bits per heavy atom. The van der Waals surface area contributed by atoms with Crippen LogP contribution in [-0.4, -0.2) is 48.1 Å². The van der Waals surface area contributed by atoms with E-state index in [1.807, 2.05) is 55.5 Å². The summed E-state index contributed by atoms with van der Waals surface area (Å²) in [5.74, 6) is -0.430. The average Bonchev–Trinajstić information content (AvgIpc) is 3.38. The molecule has 174 valence electrons. The first-order valence-corrected chi connectivity index (χ1v) is 11.3. The van der Waals surface area contributed by atoms with Crippen LogP contribution >= 0.6 is 15.9 Å². The molecule has 0 spiro atoms. The van der Waals surface area contributed by atoms with Crippen LogP contribution in [0, 0.1) is 0 Å². The molecule has 0 aliphatic heterocycles. The largest absolute Gasteiger partial charge is 0.481 e. The fourth-order valence-corrected chi connectivity index (χ4v) is 3.96. The van der Waals surface area contributed by atoms with Crippen LogP contribution in [0.5, 0.6) is 5.88 Å². The third-order valence-corrected chi connectivity index (χ3v) is 5.86. The highest BCUT2D eigenvalue weighted by Gasteiger charge is 2.19. The molecule has 4 rings (SSSR count). The van der Waals surface area contributed by atoms with Gasteiger partial charge in [0.25, 0.3) is 5.56 Å². The first-order chi connectivity index (χ1) is 16.5. The van der Waals surface area contributed by atoms with Gasteiger partial charge in [-0.05, 0) is 44.3 Å². The number of aliphatic carboxylic acids is 1. The smallest absolute Gasteiger partial charge is 0.308 e. The van der Waals surface area contributed by atoms with E-state index in [0.717, 1.165) is 28.7 Å². The standard InChI is InChI=1S/C23H21BrN6O4/c1-2-11-34-22-18(12-19(31)32)20(24)23(33)30(27-22)13-14-7-9-15(10-8-14)16-5-3-4-6-17(16)21-25-28-29-26-21/h3-10H,2,11-13H2,1H3,(H,31,32)(H,25,26,28,29). The van der Waals surface area contributed by atoms with Crippen molar-refractivity contribution in [3.05, 3.63) is 74.5 Å². The number of aromatic nitrogens is 6. The number of nitrogens with zero attached hydrogens (tertiary/aromatic N) is 5. The Hall–Kier alpha value is -3.86. The summed E-state index contributed by atoms with van der Waals surface area (Å²) in [6.45, 7) is 2.49. The number of rotatable bonds is 9. The van der Waals surface area contributed by atoms with Crippen LogP contribution in [0.25, 0.3) is 22.5 Å². The zero-order valence-electron chi connectivity index (χ0n) is 18.2. The molecule has 4 aromatic rings. The van der Waals surface area contributed by atoms with E-state index in [1.165, 1.54) is 4.68 Å². The van der Waals surface area contributed by atoms with Crippen molar-refractivity contribution in [3.63, 3.8) is 0 Å². The second-order valence-corrected chi connectivity index (χ2v) is 8.25. The summed E-state index contributed by atoms with van der Waals surface area (Å²) in [6.07, 6.45) is 0.356. The van der Waals surface area contributed by atoms with Crippen LogP contribution in [0.2, 0.25) is 0 Å². The number of halogens is 1. The third-order valence-electron chi connectivity index (χ3n) is 5.04. The average molecular weight is 525 g/mol. The van der Waals surface area contributed by atoms with E-state index in [9.17, 15) is 14.7 Å². The molecule has 0 radical (unpaired) electrons. The number of hydrogen-bond acceptors (Lipinski definition) is 7. The summed E-state index contributed by atoms with van der Waals surface area (Å²) in [4.78, 5) is 24.1. The van der Waals surface area contributed by atoms with Crippen molar-refractivity contribution in [2.24, 2.45) is 0 Å². The second kappa shape index (κ2) is 10.4. The van der Waals surface area contributed by atoms with E-state index in [1.54, 1.807) is 0 Å². The van der Waals surface area contributed by atoms with Crippen LogP contribution in [0.4, 0.5) is 0 Å². The fourth-order valence-electron chi connectivity index (χ4n) is 3.45. The van der Waals surface area contributed by atoms with Crippen molar-refractivity contribution in [1.82, 2.24) is 30.4 Å². The number of carbonyl (C=O) groups is 1. The molecule has 0 unspecified atom stereocenters. The predicted octanol–water partition coefficient (Wildman–Crippen LogP) is 3.32. The second-order valence-electron chi connectivity index (χ2n) is 7.46. The van der Waals surface area contributed by atoms with Crippen molar-refractivity contribution in [2.75, 3.05) is 6.61 Å². The number of tetrazole rings is 1. The van der Waals surface area contributed by atoms with Crippen molar-refractivity contribution >= 4 is 21.9 Å². The third kappa shape index (κ3) is 5.04. The number of nitrogens with one attached hydrogen (secondary N) is 1. The van der Waals surface area contributed by atoms with E-state index in [-0.39, 0.29) is 28.9 Å². The Kier molecular flexibility index (Phi) is 7.12. The Morgan fingerprint density at radius 3 is 2.53 bits per heavy atom. The summed E-state index contributed by atoms with van der Waals surface area (Å²) in [5.41, 5.74) is 3.39. The van der Waals surface area contributed by atoms with E-state index in [2.05, 4.69) is 41.7 Å². The maximum Gasteiger partial charge on any atom is 0.308 e. The maximum atomic E-state index is 12.8. The van der Waals surface area contributed by atoms with Crippen molar-refractivity contribution in [3.8, 4) is 28.4 Å². The van der Waals surface area contributed by atoms with Gasteiger partial charge in [-0.1, -0.05) is 55.5 Å². The minimum atomic E-state index is -1.07. The number of aromatic amines is 1. The summed E-state index contributed by atoms with van der Waals surface area (Å²) >= 11 is 3.25. The molecule has 0 aliphatic carbocycles. The zero-order valence-corrected chi connectivity index (χ0v) is 19.8. The SMILES string of the molecule is CCCOc1nn(Cc2ccc(-c3ccccc3-c3nn[nH]n3)cc2)c(=O)c(Br)c1CC(=O)O. The van der Waals surface area contributed by atoms with E-state index >= 15 is 0 Å². The molecule has 34 heavy (non-hydrogen) atoms. The monoisotopic (exact) mass is 524 g/mol. The minimum absolute atomic E-state index is 0.140. The van der Waals surface area contributed by atoms with Gasteiger partial charge in [-0.3, -0.25) is 9.59 Å². The van der Waals surface area contributed by atoms with Gasteiger partial charge in [0.1, 0.15) is 0 Å². The molecule has 2 aromatic carbocycles. The van der Waals surface area contributed by atoms with E-state index in [4.69, 9.17) is 4.74 Å². The highest BCUT2D eigenvalue weighted by atomic mass is 79.9. The van der Waals surface area contributed by atoms with Crippen LogP contribution in [-0.2, 0) is 17.8 Å². The molecule has 0 saturated carbocycles. The molecule has 0 amide bonds. The normalized spacial score (nSPS) is 10.9. The number of carboxylic acid groups (broad SMARTS) is 1. The van der Waals surface area contributed by atoms with Crippen LogP contribution < -0.4 is 10.3 Å². The lowest BCUT2D eigenvalue weighted by Gasteiger charge is -2.14. The summed E-state index contributed by atoms with van der Waals surface area (Å²) < 4.78 is 7.05. The Labute approximate surface area is 202 Å². The lowest BCUT2D eigenvalue weighted by atomic mass is 9.98. The number of benzene rings is 2. The Morgan fingerprint density at radius 1 is 1.15 bits per heavy atom. The lowest BCUT2D eigenvalue weighted by molar-refractivity contribution is -0.136. The quantitative estimate of drug-likeness (QED) is 0.340. The molecule has 10 nitrogen and oxygen atoms in total. The maximum absolute atomic E-state index is 12.8. The number of H-pyrrole nitrogens is 1. The van der Waals surface area contributed by atoms with Crippen LogP contribution in [0.1, 0.15) is 24.5 Å². The lowest BCUT2D eigenvalue weighted by Crippen LogP contribution is -2.27. The summed E-state index contributed by atoms with van der Waals surface area (Å²) in [5, 5.41) is 27.8. The Bertz CT molecular complexity index is 1350. The first kappa shape index (κ1) is 23.3. The van der Waals surface area contributed by atoms with Crippen molar-refractivity contribution in [1.29, 1.82) is 0 Å². The van der Waals surface area contributed by atoms with Gasteiger partial charge in [-0.25, -0.2) is 4.68 Å². The molecule has 0 atom stereocenters. The zero-order chi connectivity index (χ0) is 24.1.